The third kappa shape index (κ3) is 3.14. The Morgan fingerprint density at radius 2 is 1.82 bits per heavy atom. The van der Waals surface area contributed by atoms with E-state index in [0.29, 0.717) is 5.56 Å². The van der Waals surface area contributed by atoms with Crippen molar-refractivity contribution in [1.82, 2.24) is 0 Å². The standard InChI is InChI=1S/C7H5BrO.C2H4/c8-7-4-2-1-3-6(7)5-9;1-2/h1-5H;1-2H2. The monoisotopic (exact) mass is 212 g/mol. The molecule has 0 spiro atoms. The first-order chi connectivity index (χ1) is 5.34. The van der Waals surface area contributed by atoms with Gasteiger partial charge in [-0.2, -0.15) is 0 Å². The van der Waals surface area contributed by atoms with Gasteiger partial charge in [-0.3, -0.25) is 4.79 Å². The maximum atomic E-state index is 10.2. The Bertz CT molecular complexity index is 233. The van der Waals surface area contributed by atoms with E-state index in [4.69, 9.17) is 0 Å². The Balaban J connectivity index is 0.000000461. The van der Waals surface area contributed by atoms with Gasteiger partial charge in [0.1, 0.15) is 0 Å². The van der Waals surface area contributed by atoms with Gasteiger partial charge in [-0.1, -0.05) is 34.1 Å². The second kappa shape index (κ2) is 5.86. The summed E-state index contributed by atoms with van der Waals surface area (Å²) in [6.07, 6.45) is 0.823. The number of hydrogen-bond acceptors (Lipinski definition) is 1. The number of carbonyl (C=O) groups is 1. The van der Waals surface area contributed by atoms with Crippen LogP contribution in [-0.2, 0) is 0 Å². The van der Waals surface area contributed by atoms with Gasteiger partial charge in [0.25, 0.3) is 0 Å². The van der Waals surface area contributed by atoms with Crippen molar-refractivity contribution in [3.8, 4) is 0 Å². The molecule has 0 N–H and O–H groups in total. The predicted molar refractivity (Wildman–Crippen MR) is 50.8 cm³/mol. The quantitative estimate of drug-likeness (QED) is 0.517. The molecule has 0 saturated carbocycles. The lowest BCUT2D eigenvalue weighted by molar-refractivity contribution is 0.112. The van der Waals surface area contributed by atoms with Crippen LogP contribution in [0.3, 0.4) is 0 Å². The van der Waals surface area contributed by atoms with Crippen molar-refractivity contribution in [2.24, 2.45) is 0 Å². The summed E-state index contributed by atoms with van der Waals surface area (Å²) in [5, 5.41) is 0. The molecule has 1 aromatic carbocycles. The molecule has 11 heavy (non-hydrogen) atoms. The van der Waals surface area contributed by atoms with Crippen molar-refractivity contribution in [1.29, 1.82) is 0 Å². The predicted octanol–water partition coefficient (Wildman–Crippen LogP) is 3.06. The van der Waals surface area contributed by atoms with Crippen LogP contribution < -0.4 is 0 Å². The second-order valence-corrected chi connectivity index (χ2v) is 2.49. The van der Waals surface area contributed by atoms with Gasteiger partial charge in [-0.05, 0) is 6.07 Å². The van der Waals surface area contributed by atoms with Crippen molar-refractivity contribution in [2.45, 2.75) is 0 Å². The molecule has 0 fully saturated rings. The van der Waals surface area contributed by atoms with Gasteiger partial charge in [-0.25, -0.2) is 0 Å². The van der Waals surface area contributed by atoms with E-state index in [1.807, 2.05) is 18.2 Å². The zero-order chi connectivity index (χ0) is 8.69. The number of rotatable bonds is 1. The van der Waals surface area contributed by atoms with Gasteiger partial charge in [0.05, 0.1) is 0 Å². The molecule has 58 valence electrons. The van der Waals surface area contributed by atoms with Crippen molar-refractivity contribution >= 4 is 22.2 Å². The highest BCUT2D eigenvalue weighted by Crippen LogP contribution is 2.12. The van der Waals surface area contributed by atoms with Crippen LogP contribution in [0.1, 0.15) is 10.4 Å². The maximum Gasteiger partial charge on any atom is 0.151 e. The minimum atomic E-state index is 0.692. The Morgan fingerprint density at radius 3 is 2.18 bits per heavy atom. The first kappa shape index (κ1) is 10.1. The lowest BCUT2D eigenvalue weighted by Crippen LogP contribution is -1.78. The van der Waals surface area contributed by atoms with Gasteiger partial charge < -0.3 is 0 Å². The largest absolute Gasteiger partial charge is 0.298 e. The fourth-order valence-electron chi connectivity index (χ4n) is 0.571. The van der Waals surface area contributed by atoms with E-state index in [-0.39, 0.29) is 0 Å². The van der Waals surface area contributed by atoms with Crippen LogP contribution in [0, 0.1) is 0 Å². The second-order valence-electron chi connectivity index (χ2n) is 1.64. The highest BCUT2D eigenvalue weighted by molar-refractivity contribution is 9.10. The highest BCUT2D eigenvalue weighted by atomic mass is 79.9. The minimum absolute atomic E-state index is 0.692. The van der Waals surface area contributed by atoms with Crippen molar-refractivity contribution in [2.75, 3.05) is 0 Å². The zero-order valence-electron chi connectivity index (χ0n) is 6.09. The summed E-state index contributed by atoms with van der Waals surface area (Å²) in [5.41, 5.74) is 0.692. The fourth-order valence-corrected chi connectivity index (χ4v) is 0.949. The number of benzene rings is 1. The summed E-state index contributed by atoms with van der Waals surface area (Å²) in [6.45, 7) is 6.00. The summed E-state index contributed by atoms with van der Waals surface area (Å²) in [7, 11) is 0. The fraction of sp³-hybridized carbons (Fsp3) is 0. The third-order valence-electron chi connectivity index (χ3n) is 1.03. The number of hydrogen-bond donors (Lipinski definition) is 0. The normalized spacial score (nSPS) is 7.73. The lowest BCUT2D eigenvalue weighted by Gasteiger charge is -1.90. The molecule has 0 aliphatic heterocycles. The van der Waals surface area contributed by atoms with E-state index in [2.05, 4.69) is 29.1 Å². The molecule has 0 aromatic heterocycles. The molecular weight excluding hydrogens is 204 g/mol. The van der Waals surface area contributed by atoms with Gasteiger partial charge in [0, 0.05) is 10.0 Å². The molecule has 0 atom stereocenters. The van der Waals surface area contributed by atoms with E-state index in [1.165, 1.54) is 0 Å². The zero-order valence-corrected chi connectivity index (χ0v) is 7.67. The molecule has 2 heteroatoms. The molecule has 0 bridgehead atoms. The van der Waals surface area contributed by atoms with Crippen LogP contribution >= 0.6 is 15.9 Å². The molecule has 0 saturated heterocycles. The topological polar surface area (TPSA) is 17.1 Å². The summed E-state index contributed by atoms with van der Waals surface area (Å²) < 4.78 is 0.847. The van der Waals surface area contributed by atoms with Crippen molar-refractivity contribution in [3.63, 3.8) is 0 Å². The Labute approximate surface area is 74.9 Å². The number of halogens is 1. The average Bonchev–Trinajstić information content (AvgIpc) is 2.09. The minimum Gasteiger partial charge on any atom is -0.298 e. The van der Waals surface area contributed by atoms with Crippen LogP contribution in [0.5, 0.6) is 0 Å². The molecular formula is C9H9BrO. The third-order valence-corrected chi connectivity index (χ3v) is 1.75. The van der Waals surface area contributed by atoms with Gasteiger partial charge in [0.15, 0.2) is 6.29 Å². The maximum absolute atomic E-state index is 10.2. The van der Waals surface area contributed by atoms with Crippen LogP contribution in [0.15, 0.2) is 41.9 Å². The van der Waals surface area contributed by atoms with Crippen LogP contribution in [0.2, 0.25) is 0 Å². The van der Waals surface area contributed by atoms with Gasteiger partial charge >= 0.3 is 0 Å². The lowest BCUT2D eigenvalue weighted by atomic mass is 10.2. The van der Waals surface area contributed by atoms with Crippen molar-refractivity contribution < 1.29 is 4.79 Å². The van der Waals surface area contributed by atoms with Crippen LogP contribution in [0.4, 0.5) is 0 Å². The first-order valence-electron chi connectivity index (χ1n) is 3.04. The van der Waals surface area contributed by atoms with Crippen LogP contribution in [0.25, 0.3) is 0 Å². The SMILES string of the molecule is C=C.O=Cc1ccccc1Br. The molecule has 1 rings (SSSR count). The highest BCUT2D eigenvalue weighted by Gasteiger charge is 1.92. The number of carbonyl (C=O) groups excluding carboxylic acids is 1. The summed E-state index contributed by atoms with van der Waals surface area (Å²) in [4.78, 5) is 10.2. The smallest absolute Gasteiger partial charge is 0.151 e. The van der Waals surface area contributed by atoms with Gasteiger partial charge in [-0.15, -0.1) is 13.2 Å². The molecule has 0 unspecified atom stereocenters. The number of aldehydes is 1. The van der Waals surface area contributed by atoms with Crippen LogP contribution in [-0.4, -0.2) is 6.29 Å². The molecule has 1 aromatic rings. The molecule has 1 nitrogen and oxygen atoms in total. The average molecular weight is 213 g/mol. The molecule has 0 aliphatic rings. The molecule has 0 amide bonds. The van der Waals surface area contributed by atoms with Gasteiger partial charge in [0.2, 0.25) is 0 Å². The Morgan fingerprint density at radius 1 is 1.27 bits per heavy atom. The Hall–Kier alpha value is -0.890. The van der Waals surface area contributed by atoms with E-state index >= 15 is 0 Å². The van der Waals surface area contributed by atoms with Crippen molar-refractivity contribution in [3.05, 3.63) is 47.5 Å². The van der Waals surface area contributed by atoms with E-state index in [1.54, 1.807) is 6.07 Å². The Kier molecular flexibility index (Phi) is 5.39. The first-order valence-corrected chi connectivity index (χ1v) is 3.83. The van der Waals surface area contributed by atoms with E-state index in [0.717, 1.165) is 10.8 Å². The van der Waals surface area contributed by atoms with E-state index in [9.17, 15) is 4.79 Å². The summed E-state index contributed by atoms with van der Waals surface area (Å²) in [6, 6.07) is 7.30. The summed E-state index contributed by atoms with van der Waals surface area (Å²) in [5.74, 6) is 0. The summed E-state index contributed by atoms with van der Waals surface area (Å²) >= 11 is 3.23. The molecule has 0 heterocycles. The van der Waals surface area contributed by atoms with E-state index < -0.39 is 0 Å². The molecule has 0 aliphatic carbocycles. The molecule has 0 radical (unpaired) electrons.